The van der Waals surface area contributed by atoms with Gasteiger partial charge in [0, 0.05) is 6.54 Å². The van der Waals surface area contributed by atoms with Crippen LogP contribution in [0.4, 0.5) is 4.39 Å². The molecule has 2 nitrogen and oxygen atoms in total. The summed E-state index contributed by atoms with van der Waals surface area (Å²) in [5, 5.41) is 0. The third kappa shape index (κ3) is 2.04. The van der Waals surface area contributed by atoms with Gasteiger partial charge in [-0.15, -0.1) is 0 Å². The van der Waals surface area contributed by atoms with Crippen molar-refractivity contribution in [3.8, 4) is 5.75 Å². The van der Waals surface area contributed by atoms with Gasteiger partial charge in [-0.25, -0.2) is 4.39 Å². The lowest BCUT2D eigenvalue weighted by atomic mass is 9.93. The van der Waals surface area contributed by atoms with E-state index in [9.17, 15) is 4.39 Å². The van der Waals surface area contributed by atoms with Crippen LogP contribution < -0.4 is 10.5 Å². The lowest BCUT2D eigenvalue weighted by molar-refractivity contribution is 0.169. The third-order valence-electron chi connectivity index (χ3n) is 2.49. The Morgan fingerprint density at radius 3 is 2.29 bits per heavy atom. The van der Waals surface area contributed by atoms with Crippen molar-refractivity contribution in [3.05, 3.63) is 29.8 Å². The maximum Gasteiger partial charge on any atom is 0.147 e. The van der Waals surface area contributed by atoms with E-state index in [1.54, 1.807) is 38.3 Å². The van der Waals surface area contributed by atoms with Gasteiger partial charge in [0.2, 0.25) is 0 Å². The first kappa shape index (κ1) is 11.0. The highest BCUT2D eigenvalue weighted by molar-refractivity contribution is 5.31. The molecule has 0 aromatic heterocycles. The lowest BCUT2D eigenvalue weighted by Gasteiger charge is -2.22. The first-order chi connectivity index (χ1) is 6.66. The normalized spacial score (nSPS) is 14.9. The van der Waals surface area contributed by atoms with Crippen LogP contribution in [-0.2, 0) is 5.67 Å². The summed E-state index contributed by atoms with van der Waals surface area (Å²) >= 11 is 0. The number of benzene rings is 1. The molecule has 1 aromatic rings. The largest absolute Gasteiger partial charge is 0.497 e. The maximum absolute atomic E-state index is 14.1. The molecule has 0 fully saturated rings. The minimum atomic E-state index is -1.41. The molecule has 0 heterocycles. The number of rotatable bonds is 4. The fraction of sp³-hybridized carbons (Fsp3) is 0.455. The number of nitrogens with two attached hydrogens (primary N) is 1. The van der Waals surface area contributed by atoms with Crippen molar-refractivity contribution in [2.45, 2.75) is 19.0 Å². The second kappa shape index (κ2) is 4.42. The maximum atomic E-state index is 14.1. The van der Waals surface area contributed by atoms with Crippen molar-refractivity contribution in [3.63, 3.8) is 0 Å². The van der Waals surface area contributed by atoms with E-state index in [0.29, 0.717) is 12.0 Å². The molecule has 3 heteroatoms. The monoisotopic (exact) mass is 197 g/mol. The van der Waals surface area contributed by atoms with Gasteiger partial charge in [0.15, 0.2) is 0 Å². The fourth-order valence-electron chi connectivity index (χ4n) is 1.36. The van der Waals surface area contributed by atoms with Crippen molar-refractivity contribution in [2.24, 2.45) is 5.73 Å². The van der Waals surface area contributed by atoms with Crippen LogP contribution >= 0.6 is 0 Å². The fourth-order valence-corrected chi connectivity index (χ4v) is 1.36. The number of halogens is 1. The van der Waals surface area contributed by atoms with E-state index in [0.717, 1.165) is 5.75 Å². The molecule has 78 valence electrons. The molecule has 0 amide bonds. The molecule has 1 rings (SSSR count). The quantitative estimate of drug-likeness (QED) is 0.803. The SMILES string of the molecule is CCC(F)(CN)c1ccc(OC)cc1. The Hall–Kier alpha value is -1.09. The van der Waals surface area contributed by atoms with Crippen LogP contribution in [0.25, 0.3) is 0 Å². The Kier molecular flexibility index (Phi) is 3.47. The van der Waals surface area contributed by atoms with Crippen LogP contribution in [0.3, 0.4) is 0 Å². The number of hydrogen-bond acceptors (Lipinski definition) is 2. The molecule has 0 radical (unpaired) electrons. The standard InChI is InChI=1S/C11H16FNO/c1-3-11(12,8-13)9-4-6-10(14-2)7-5-9/h4-7H,3,8,13H2,1-2H3. The minimum Gasteiger partial charge on any atom is -0.497 e. The van der Waals surface area contributed by atoms with Crippen molar-refractivity contribution in [1.29, 1.82) is 0 Å². The Labute approximate surface area is 83.9 Å². The molecule has 1 aromatic carbocycles. The van der Waals surface area contributed by atoms with Crippen molar-refractivity contribution >= 4 is 0 Å². The van der Waals surface area contributed by atoms with Gasteiger partial charge < -0.3 is 10.5 Å². The van der Waals surface area contributed by atoms with Crippen LogP contribution in [0.15, 0.2) is 24.3 Å². The predicted molar refractivity (Wildman–Crippen MR) is 55.1 cm³/mol. The van der Waals surface area contributed by atoms with Crippen LogP contribution in [0, 0.1) is 0 Å². The highest BCUT2D eigenvalue weighted by Gasteiger charge is 2.27. The zero-order valence-corrected chi connectivity index (χ0v) is 8.59. The molecule has 2 N–H and O–H groups in total. The first-order valence-electron chi connectivity index (χ1n) is 4.70. The smallest absolute Gasteiger partial charge is 0.147 e. The third-order valence-corrected chi connectivity index (χ3v) is 2.49. The summed E-state index contributed by atoms with van der Waals surface area (Å²) in [6, 6.07) is 6.92. The van der Waals surface area contributed by atoms with E-state index in [1.165, 1.54) is 0 Å². The second-order valence-corrected chi connectivity index (χ2v) is 3.25. The first-order valence-corrected chi connectivity index (χ1v) is 4.70. The molecule has 1 unspecified atom stereocenters. The van der Waals surface area contributed by atoms with E-state index in [-0.39, 0.29) is 6.54 Å². The molecule has 0 aliphatic rings. The van der Waals surface area contributed by atoms with Crippen LogP contribution in [0.1, 0.15) is 18.9 Å². The number of hydrogen-bond donors (Lipinski definition) is 1. The van der Waals surface area contributed by atoms with Crippen molar-refractivity contribution in [2.75, 3.05) is 13.7 Å². The summed E-state index contributed by atoms with van der Waals surface area (Å²) in [5.41, 5.74) is 4.62. The molecule has 0 bridgehead atoms. The predicted octanol–water partition coefficient (Wildman–Crippen LogP) is 2.23. The zero-order valence-electron chi connectivity index (χ0n) is 8.59. The van der Waals surface area contributed by atoms with Gasteiger partial charge in [-0.05, 0) is 24.1 Å². The average molecular weight is 197 g/mol. The van der Waals surface area contributed by atoms with Crippen LogP contribution in [-0.4, -0.2) is 13.7 Å². The minimum absolute atomic E-state index is 0.00975. The van der Waals surface area contributed by atoms with Gasteiger partial charge in [0.25, 0.3) is 0 Å². The summed E-state index contributed by atoms with van der Waals surface area (Å²) in [7, 11) is 1.58. The van der Waals surface area contributed by atoms with Gasteiger partial charge in [-0.1, -0.05) is 19.1 Å². The van der Waals surface area contributed by atoms with Gasteiger partial charge in [-0.2, -0.15) is 0 Å². The van der Waals surface area contributed by atoms with Gasteiger partial charge in [0.05, 0.1) is 7.11 Å². The summed E-state index contributed by atoms with van der Waals surface area (Å²) in [4.78, 5) is 0. The molecule has 1 atom stereocenters. The number of alkyl halides is 1. The van der Waals surface area contributed by atoms with Gasteiger partial charge in [0.1, 0.15) is 11.4 Å². The Balaban J connectivity index is 2.95. The topological polar surface area (TPSA) is 35.2 Å². The number of ether oxygens (including phenoxy) is 1. The highest BCUT2D eigenvalue weighted by atomic mass is 19.1. The lowest BCUT2D eigenvalue weighted by Crippen LogP contribution is -2.29. The Bertz CT molecular complexity index is 280. The Morgan fingerprint density at radius 1 is 1.36 bits per heavy atom. The average Bonchev–Trinajstić information content (AvgIpc) is 2.28. The molecule has 0 saturated carbocycles. The Morgan fingerprint density at radius 2 is 1.93 bits per heavy atom. The van der Waals surface area contributed by atoms with Crippen LogP contribution in [0.2, 0.25) is 0 Å². The molecule has 0 aliphatic carbocycles. The molecule has 0 spiro atoms. The second-order valence-electron chi connectivity index (χ2n) is 3.25. The number of methoxy groups -OCH3 is 1. The molecular formula is C11H16FNO. The van der Waals surface area contributed by atoms with E-state index >= 15 is 0 Å². The summed E-state index contributed by atoms with van der Waals surface area (Å²) in [6.45, 7) is 1.80. The van der Waals surface area contributed by atoms with Gasteiger partial charge in [-0.3, -0.25) is 0 Å². The van der Waals surface area contributed by atoms with E-state index < -0.39 is 5.67 Å². The molecule has 14 heavy (non-hydrogen) atoms. The molecule has 0 aliphatic heterocycles. The van der Waals surface area contributed by atoms with E-state index in [1.807, 2.05) is 0 Å². The summed E-state index contributed by atoms with van der Waals surface area (Å²) in [6.07, 6.45) is 0.385. The molecular weight excluding hydrogens is 181 g/mol. The van der Waals surface area contributed by atoms with Gasteiger partial charge >= 0.3 is 0 Å². The molecule has 0 saturated heterocycles. The van der Waals surface area contributed by atoms with E-state index in [4.69, 9.17) is 10.5 Å². The zero-order chi connectivity index (χ0) is 10.6. The highest BCUT2D eigenvalue weighted by Crippen LogP contribution is 2.29. The van der Waals surface area contributed by atoms with Crippen LogP contribution in [0.5, 0.6) is 5.75 Å². The van der Waals surface area contributed by atoms with Crippen molar-refractivity contribution in [1.82, 2.24) is 0 Å². The summed E-state index contributed by atoms with van der Waals surface area (Å²) in [5.74, 6) is 0.726. The van der Waals surface area contributed by atoms with Crippen molar-refractivity contribution < 1.29 is 9.13 Å². The summed E-state index contributed by atoms with van der Waals surface area (Å²) < 4.78 is 19.0. The van der Waals surface area contributed by atoms with E-state index in [2.05, 4.69) is 0 Å².